The first-order valence-electron chi connectivity index (χ1n) is 9.38. The first-order valence-corrected chi connectivity index (χ1v) is 9.38. The molecule has 0 radical (unpaired) electrons. The van der Waals surface area contributed by atoms with E-state index in [1.165, 1.54) is 24.4 Å². The van der Waals surface area contributed by atoms with Crippen LogP contribution in [0.5, 0.6) is 17.2 Å². The van der Waals surface area contributed by atoms with Crippen molar-refractivity contribution in [3.63, 3.8) is 0 Å². The summed E-state index contributed by atoms with van der Waals surface area (Å²) in [6, 6.07) is 18.2. The summed E-state index contributed by atoms with van der Waals surface area (Å²) in [5.41, 5.74) is 8.31. The van der Waals surface area contributed by atoms with Crippen LogP contribution in [0.15, 0.2) is 77.1 Å². The highest BCUT2D eigenvalue weighted by molar-refractivity contribution is 5.86. The third-order valence-electron chi connectivity index (χ3n) is 4.97. The number of halogens is 1. The van der Waals surface area contributed by atoms with Crippen molar-refractivity contribution in [1.82, 2.24) is 0 Å². The third kappa shape index (κ3) is 3.91. The number of nitriles is 1. The fourth-order valence-electron chi connectivity index (χ4n) is 3.46. The van der Waals surface area contributed by atoms with Crippen LogP contribution in [0.3, 0.4) is 0 Å². The average molecular weight is 415 g/mol. The molecule has 0 amide bonds. The minimum Gasteiger partial charge on any atom is -0.507 e. The molecule has 1 unspecified atom stereocenters. The number of nitrogens with zero attached hydrogens (tertiary/aromatic N) is 2. The highest BCUT2D eigenvalue weighted by Crippen LogP contribution is 2.44. The number of benzene rings is 3. The van der Waals surface area contributed by atoms with Crippen LogP contribution >= 0.6 is 0 Å². The summed E-state index contributed by atoms with van der Waals surface area (Å²) in [5, 5.41) is 20.1. The van der Waals surface area contributed by atoms with Crippen LogP contribution in [-0.2, 0) is 0 Å². The number of aliphatic imine (C=N–C) groups is 1. The zero-order valence-electron chi connectivity index (χ0n) is 16.5. The first kappa shape index (κ1) is 20.0. The Kier molecular flexibility index (Phi) is 5.29. The molecular formula is C24H18FN3O3. The minimum absolute atomic E-state index is 0.0674. The Balaban J connectivity index is 1.79. The normalized spacial score (nSPS) is 15.3. The molecule has 3 aromatic rings. The molecule has 3 aromatic carbocycles. The quantitative estimate of drug-likeness (QED) is 0.611. The van der Waals surface area contributed by atoms with Crippen molar-refractivity contribution in [2.24, 2.45) is 10.7 Å². The molecule has 0 saturated heterocycles. The Bertz CT molecular complexity index is 1240. The molecule has 0 saturated carbocycles. The number of allylic oxidation sites excluding steroid dienone is 1. The van der Waals surface area contributed by atoms with Crippen molar-refractivity contribution in [3.05, 3.63) is 94.6 Å². The van der Waals surface area contributed by atoms with E-state index < -0.39 is 11.7 Å². The molecule has 3 N–H and O–H groups in total. The third-order valence-corrected chi connectivity index (χ3v) is 4.97. The van der Waals surface area contributed by atoms with Crippen molar-refractivity contribution in [1.29, 1.82) is 5.26 Å². The Morgan fingerprint density at radius 2 is 1.97 bits per heavy atom. The smallest absolute Gasteiger partial charge is 0.205 e. The van der Waals surface area contributed by atoms with Crippen LogP contribution in [0.2, 0.25) is 0 Å². The number of hydrogen-bond donors (Lipinski definition) is 2. The van der Waals surface area contributed by atoms with E-state index in [9.17, 15) is 14.8 Å². The number of aromatic hydroxyl groups is 1. The molecule has 1 heterocycles. The fraction of sp³-hybridized carbons (Fsp3) is 0.0833. The van der Waals surface area contributed by atoms with E-state index in [-0.39, 0.29) is 17.2 Å². The Hall–Kier alpha value is -4.31. The number of phenolic OH excluding ortho intramolecular Hbond substituents is 1. The average Bonchev–Trinajstić information content (AvgIpc) is 2.77. The van der Waals surface area contributed by atoms with Gasteiger partial charge in [0.2, 0.25) is 5.88 Å². The first-order chi connectivity index (χ1) is 15.0. The van der Waals surface area contributed by atoms with Crippen LogP contribution in [-0.4, -0.2) is 18.4 Å². The van der Waals surface area contributed by atoms with Crippen molar-refractivity contribution in [3.8, 4) is 23.3 Å². The van der Waals surface area contributed by atoms with Gasteiger partial charge in [-0.1, -0.05) is 12.1 Å². The molecule has 0 spiro atoms. The second-order valence-corrected chi connectivity index (χ2v) is 6.88. The molecule has 0 fully saturated rings. The lowest BCUT2D eigenvalue weighted by Crippen LogP contribution is -2.21. The summed E-state index contributed by atoms with van der Waals surface area (Å²) in [6.07, 6.45) is 1.51. The zero-order valence-corrected chi connectivity index (χ0v) is 16.5. The predicted octanol–water partition coefficient (Wildman–Crippen LogP) is 4.51. The van der Waals surface area contributed by atoms with Crippen LogP contribution in [0.25, 0.3) is 0 Å². The lowest BCUT2D eigenvalue weighted by molar-refractivity contribution is 0.388. The topological polar surface area (TPSA) is 101 Å². The number of phenols is 1. The van der Waals surface area contributed by atoms with Gasteiger partial charge >= 0.3 is 0 Å². The van der Waals surface area contributed by atoms with E-state index in [1.807, 2.05) is 0 Å². The van der Waals surface area contributed by atoms with E-state index in [4.69, 9.17) is 15.2 Å². The zero-order chi connectivity index (χ0) is 22.0. The van der Waals surface area contributed by atoms with E-state index >= 15 is 0 Å². The van der Waals surface area contributed by atoms with Crippen LogP contribution in [0.4, 0.5) is 10.1 Å². The van der Waals surface area contributed by atoms with Crippen molar-refractivity contribution in [2.45, 2.75) is 5.92 Å². The van der Waals surface area contributed by atoms with Gasteiger partial charge in [-0.15, -0.1) is 0 Å². The van der Waals surface area contributed by atoms with Gasteiger partial charge in [-0.25, -0.2) is 4.39 Å². The van der Waals surface area contributed by atoms with Gasteiger partial charge in [0, 0.05) is 23.4 Å². The van der Waals surface area contributed by atoms with Crippen LogP contribution in [0, 0.1) is 17.1 Å². The van der Waals surface area contributed by atoms with Gasteiger partial charge < -0.3 is 20.3 Å². The number of nitrogens with two attached hydrogens (primary N) is 1. The molecule has 6 nitrogen and oxygen atoms in total. The Labute approximate surface area is 178 Å². The fourth-order valence-corrected chi connectivity index (χ4v) is 3.46. The van der Waals surface area contributed by atoms with Gasteiger partial charge in [0.25, 0.3) is 0 Å². The lowest BCUT2D eigenvalue weighted by atomic mass is 9.83. The van der Waals surface area contributed by atoms with E-state index in [2.05, 4.69) is 11.1 Å². The summed E-state index contributed by atoms with van der Waals surface area (Å²) < 4.78 is 24.6. The van der Waals surface area contributed by atoms with Gasteiger partial charge in [0.1, 0.15) is 34.7 Å². The Morgan fingerprint density at radius 1 is 1.19 bits per heavy atom. The van der Waals surface area contributed by atoms with Crippen LogP contribution < -0.4 is 15.2 Å². The van der Waals surface area contributed by atoms with Crippen LogP contribution in [0.1, 0.15) is 22.6 Å². The Morgan fingerprint density at radius 3 is 2.65 bits per heavy atom. The SMILES string of the molecule is COc1ccc(N=Cc2cc3c(cc2O)OC(N)=C(C#N)C3c2cccc(F)c2)cc1. The van der Waals surface area contributed by atoms with Crippen molar-refractivity contribution < 1.29 is 19.0 Å². The van der Waals surface area contributed by atoms with Gasteiger partial charge in [0.05, 0.1) is 18.7 Å². The largest absolute Gasteiger partial charge is 0.507 e. The molecule has 1 aliphatic heterocycles. The summed E-state index contributed by atoms with van der Waals surface area (Å²) in [7, 11) is 1.58. The molecule has 0 bridgehead atoms. The van der Waals surface area contributed by atoms with Gasteiger partial charge in [-0.2, -0.15) is 5.26 Å². The number of rotatable bonds is 4. The predicted molar refractivity (Wildman–Crippen MR) is 114 cm³/mol. The van der Waals surface area contributed by atoms with Gasteiger partial charge in [-0.05, 0) is 48.0 Å². The molecule has 4 rings (SSSR count). The monoisotopic (exact) mass is 415 g/mol. The maximum Gasteiger partial charge on any atom is 0.205 e. The minimum atomic E-state index is -0.641. The second kappa shape index (κ2) is 8.20. The molecule has 1 aliphatic rings. The van der Waals surface area contributed by atoms with E-state index in [0.717, 1.165) is 0 Å². The second-order valence-electron chi connectivity index (χ2n) is 6.88. The number of methoxy groups -OCH3 is 1. The summed E-state index contributed by atoms with van der Waals surface area (Å²) in [6.45, 7) is 0. The number of ether oxygens (including phenoxy) is 2. The standard InChI is InChI=1S/C24H18FN3O3/c1-30-18-7-5-17(6-8-18)28-13-15-10-19-22(11-21(15)29)31-24(27)20(12-26)23(19)14-3-2-4-16(25)9-14/h2-11,13,23,29H,27H2,1H3. The molecule has 1 atom stereocenters. The molecule has 0 aliphatic carbocycles. The molecule has 154 valence electrons. The summed E-state index contributed by atoms with van der Waals surface area (Å²) in [4.78, 5) is 4.38. The maximum absolute atomic E-state index is 13.9. The summed E-state index contributed by atoms with van der Waals surface area (Å²) in [5.74, 6) is -0.214. The lowest BCUT2D eigenvalue weighted by Gasteiger charge is -2.27. The van der Waals surface area contributed by atoms with Crippen molar-refractivity contribution >= 4 is 11.9 Å². The molecular weight excluding hydrogens is 397 g/mol. The van der Waals surface area contributed by atoms with Crippen molar-refractivity contribution in [2.75, 3.05) is 7.11 Å². The van der Waals surface area contributed by atoms with E-state index in [1.54, 1.807) is 49.6 Å². The summed E-state index contributed by atoms with van der Waals surface area (Å²) >= 11 is 0. The number of hydrogen-bond acceptors (Lipinski definition) is 6. The highest BCUT2D eigenvalue weighted by Gasteiger charge is 2.31. The maximum atomic E-state index is 13.9. The highest BCUT2D eigenvalue weighted by atomic mass is 19.1. The van der Waals surface area contributed by atoms with Gasteiger partial charge in [0.15, 0.2) is 0 Å². The molecule has 0 aromatic heterocycles. The number of fused-ring (bicyclic) bond motifs is 1. The molecule has 7 heteroatoms. The van der Waals surface area contributed by atoms with E-state index in [0.29, 0.717) is 33.9 Å². The molecule has 31 heavy (non-hydrogen) atoms. The van der Waals surface area contributed by atoms with Gasteiger partial charge in [-0.3, -0.25) is 4.99 Å².